The molecule has 0 aliphatic rings. The number of nitrogen functional groups attached to an aromatic ring is 1. The number of nitrogens with one attached hydrogen (secondary N) is 1. The summed E-state index contributed by atoms with van der Waals surface area (Å²) in [4.78, 5) is 24.5. The molecular weight excluding hydrogens is 397 g/mol. The highest BCUT2D eigenvalue weighted by molar-refractivity contribution is 7.99. The normalized spacial score (nSPS) is 10.4. The van der Waals surface area contributed by atoms with Crippen molar-refractivity contribution < 1.29 is 18.8 Å². The number of benzene rings is 3. The maximum absolute atomic E-state index is 13.6. The van der Waals surface area contributed by atoms with E-state index in [2.05, 4.69) is 5.32 Å². The lowest BCUT2D eigenvalue weighted by atomic mass is 10.1. The maximum atomic E-state index is 13.6. The highest BCUT2D eigenvalue weighted by atomic mass is 32.2. The Morgan fingerprint density at radius 3 is 2.55 bits per heavy atom. The van der Waals surface area contributed by atoms with Crippen molar-refractivity contribution in [2.24, 2.45) is 0 Å². The van der Waals surface area contributed by atoms with Gasteiger partial charge in [-0.25, -0.2) is 4.39 Å². The minimum Gasteiger partial charge on any atom is -0.495 e. The first-order chi connectivity index (χ1) is 13.9. The van der Waals surface area contributed by atoms with Gasteiger partial charge in [0.1, 0.15) is 11.6 Å². The fourth-order valence-corrected chi connectivity index (χ4v) is 3.59. The molecule has 3 N–H and O–H groups in total. The van der Waals surface area contributed by atoms with Gasteiger partial charge in [0.15, 0.2) is 0 Å². The van der Waals surface area contributed by atoms with E-state index in [1.165, 1.54) is 43.1 Å². The minimum atomic E-state index is -0.531. The molecule has 0 spiro atoms. The Hall–Kier alpha value is -3.59. The fourth-order valence-electron chi connectivity index (χ4n) is 2.60. The molecule has 3 rings (SSSR count). The highest BCUT2D eigenvalue weighted by Crippen LogP contribution is 2.35. The summed E-state index contributed by atoms with van der Waals surface area (Å²) in [6.07, 6.45) is 0. The van der Waals surface area contributed by atoms with Crippen LogP contribution in [0.2, 0.25) is 0 Å². The van der Waals surface area contributed by atoms with E-state index in [0.717, 1.165) is 6.07 Å². The highest BCUT2D eigenvalue weighted by Gasteiger charge is 2.18. The topological polar surface area (TPSA) is 107 Å². The van der Waals surface area contributed by atoms with Gasteiger partial charge in [-0.3, -0.25) is 14.9 Å². The first-order valence-corrected chi connectivity index (χ1v) is 9.16. The van der Waals surface area contributed by atoms with Crippen molar-refractivity contribution >= 4 is 34.7 Å². The first kappa shape index (κ1) is 20.2. The second-order valence-corrected chi connectivity index (χ2v) is 6.99. The van der Waals surface area contributed by atoms with Gasteiger partial charge >= 0.3 is 0 Å². The number of nitro benzene ring substituents is 1. The number of nitrogens with two attached hydrogens (primary N) is 1. The second-order valence-electron chi connectivity index (χ2n) is 5.87. The summed E-state index contributed by atoms with van der Waals surface area (Å²) in [6.45, 7) is 0. The maximum Gasteiger partial charge on any atom is 0.269 e. The number of carbonyl (C=O) groups excluding carboxylic acids is 1. The largest absolute Gasteiger partial charge is 0.495 e. The fraction of sp³-hybridized carbons (Fsp3) is 0.0500. The molecule has 7 nitrogen and oxygen atoms in total. The van der Waals surface area contributed by atoms with Gasteiger partial charge in [0.25, 0.3) is 11.6 Å². The predicted octanol–water partition coefficient (Wildman–Crippen LogP) is 4.73. The Labute approximate surface area is 169 Å². The summed E-state index contributed by atoms with van der Waals surface area (Å²) >= 11 is 1.23. The van der Waals surface area contributed by atoms with E-state index in [1.54, 1.807) is 30.3 Å². The monoisotopic (exact) mass is 413 g/mol. The van der Waals surface area contributed by atoms with Crippen LogP contribution >= 0.6 is 11.8 Å². The third kappa shape index (κ3) is 4.64. The number of anilines is 2. The summed E-state index contributed by atoms with van der Waals surface area (Å²) in [5.41, 5.74) is 6.62. The van der Waals surface area contributed by atoms with E-state index in [9.17, 15) is 19.3 Å². The molecule has 148 valence electrons. The van der Waals surface area contributed by atoms with E-state index >= 15 is 0 Å². The molecule has 0 bridgehead atoms. The number of rotatable bonds is 6. The lowest BCUT2D eigenvalue weighted by Gasteiger charge is -2.14. The Morgan fingerprint density at radius 1 is 1.17 bits per heavy atom. The van der Waals surface area contributed by atoms with Gasteiger partial charge < -0.3 is 15.8 Å². The van der Waals surface area contributed by atoms with E-state index < -0.39 is 16.6 Å². The number of hydrogen-bond donors (Lipinski definition) is 2. The van der Waals surface area contributed by atoms with Crippen molar-refractivity contribution in [3.8, 4) is 5.75 Å². The number of ether oxygens (including phenoxy) is 1. The van der Waals surface area contributed by atoms with Crippen LogP contribution < -0.4 is 15.8 Å². The molecule has 0 saturated heterocycles. The van der Waals surface area contributed by atoms with Crippen molar-refractivity contribution in [2.75, 3.05) is 18.2 Å². The van der Waals surface area contributed by atoms with E-state index in [4.69, 9.17) is 10.5 Å². The second kappa shape index (κ2) is 8.61. The van der Waals surface area contributed by atoms with Crippen LogP contribution in [0.5, 0.6) is 5.75 Å². The molecule has 0 aromatic heterocycles. The van der Waals surface area contributed by atoms with Crippen LogP contribution in [-0.2, 0) is 0 Å². The third-order valence-corrected chi connectivity index (χ3v) is 5.04. The van der Waals surface area contributed by atoms with Crippen molar-refractivity contribution in [3.05, 3.63) is 82.2 Å². The molecule has 0 radical (unpaired) electrons. The third-order valence-electron chi connectivity index (χ3n) is 3.97. The number of hydrogen-bond acceptors (Lipinski definition) is 6. The zero-order valence-corrected chi connectivity index (χ0v) is 16.0. The van der Waals surface area contributed by atoms with E-state index in [-0.39, 0.29) is 22.6 Å². The minimum absolute atomic E-state index is 0.0295. The molecule has 0 unspecified atom stereocenters. The van der Waals surface area contributed by atoms with Crippen LogP contribution in [0, 0.1) is 15.9 Å². The number of non-ortho nitro benzene ring substituents is 1. The molecule has 1 amide bonds. The van der Waals surface area contributed by atoms with E-state index in [0.29, 0.717) is 15.5 Å². The number of methoxy groups -OCH3 is 1. The van der Waals surface area contributed by atoms with Crippen molar-refractivity contribution in [2.45, 2.75) is 9.79 Å². The van der Waals surface area contributed by atoms with Gasteiger partial charge in [-0.05, 0) is 36.4 Å². The molecule has 3 aromatic rings. The Morgan fingerprint density at radius 2 is 1.90 bits per heavy atom. The number of carbonyl (C=O) groups is 1. The zero-order chi connectivity index (χ0) is 21.0. The van der Waals surface area contributed by atoms with Crippen molar-refractivity contribution in [3.63, 3.8) is 0 Å². The van der Waals surface area contributed by atoms with Gasteiger partial charge in [0, 0.05) is 33.7 Å². The van der Waals surface area contributed by atoms with Crippen LogP contribution in [-0.4, -0.2) is 17.9 Å². The van der Waals surface area contributed by atoms with Gasteiger partial charge in [0.2, 0.25) is 0 Å². The Bertz CT molecular complexity index is 1070. The molecule has 3 aromatic carbocycles. The van der Waals surface area contributed by atoms with Gasteiger partial charge in [0.05, 0.1) is 23.3 Å². The average Bonchev–Trinajstić information content (AvgIpc) is 2.68. The molecule has 0 aliphatic carbocycles. The molecule has 0 aliphatic heterocycles. The van der Waals surface area contributed by atoms with Crippen LogP contribution in [0.3, 0.4) is 0 Å². The zero-order valence-electron chi connectivity index (χ0n) is 15.2. The van der Waals surface area contributed by atoms with Crippen molar-refractivity contribution in [1.82, 2.24) is 0 Å². The standard InChI is InChI=1S/C20H16FN3O4S/c1-28-17-10-5-12(21)11-16(17)23-20(25)19-15(22)3-2-4-18(19)29-14-8-6-13(7-9-14)24(26)27/h2-11H,22H2,1H3,(H,23,25). The SMILES string of the molecule is COc1ccc(F)cc1NC(=O)c1c(N)cccc1Sc1ccc([N+](=O)[O-])cc1. The molecule has 0 fully saturated rings. The number of nitrogens with zero attached hydrogens (tertiary/aromatic N) is 1. The Balaban J connectivity index is 1.91. The van der Waals surface area contributed by atoms with Gasteiger partial charge in [-0.2, -0.15) is 0 Å². The average molecular weight is 413 g/mol. The lowest BCUT2D eigenvalue weighted by Crippen LogP contribution is -2.16. The number of amides is 1. The molecular formula is C20H16FN3O4S. The van der Waals surface area contributed by atoms with Gasteiger partial charge in [-0.15, -0.1) is 0 Å². The summed E-state index contributed by atoms with van der Waals surface area (Å²) in [5, 5.41) is 13.4. The smallest absolute Gasteiger partial charge is 0.269 e. The van der Waals surface area contributed by atoms with Crippen LogP contribution in [0.15, 0.2) is 70.5 Å². The quantitative estimate of drug-likeness (QED) is 0.344. The summed E-state index contributed by atoms with van der Waals surface area (Å²) in [6, 6.07) is 14.7. The van der Waals surface area contributed by atoms with Crippen LogP contribution in [0.4, 0.5) is 21.5 Å². The summed E-state index contributed by atoms with van der Waals surface area (Å²) in [5.74, 6) is -0.752. The summed E-state index contributed by atoms with van der Waals surface area (Å²) < 4.78 is 18.7. The summed E-state index contributed by atoms with van der Waals surface area (Å²) in [7, 11) is 1.41. The van der Waals surface area contributed by atoms with Gasteiger partial charge in [-0.1, -0.05) is 17.8 Å². The van der Waals surface area contributed by atoms with Crippen molar-refractivity contribution in [1.29, 1.82) is 0 Å². The van der Waals surface area contributed by atoms with E-state index in [1.807, 2.05) is 0 Å². The predicted molar refractivity (Wildman–Crippen MR) is 109 cm³/mol. The van der Waals surface area contributed by atoms with Crippen LogP contribution in [0.25, 0.3) is 0 Å². The molecule has 0 atom stereocenters. The molecule has 0 saturated carbocycles. The number of halogens is 1. The lowest BCUT2D eigenvalue weighted by molar-refractivity contribution is -0.384. The molecule has 29 heavy (non-hydrogen) atoms. The first-order valence-electron chi connectivity index (χ1n) is 8.34. The Kier molecular flexibility index (Phi) is 5.99. The molecule has 0 heterocycles. The van der Waals surface area contributed by atoms with Crippen LogP contribution in [0.1, 0.15) is 10.4 Å². The number of nitro groups is 1. The molecule has 9 heteroatoms.